The Balaban J connectivity index is 2.41. The molecule has 1 unspecified atom stereocenters. The lowest BCUT2D eigenvalue weighted by molar-refractivity contribution is 0.150. The molecule has 0 radical (unpaired) electrons. The van der Waals surface area contributed by atoms with Gasteiger partial charge in [-0.2, -0.15) is 0 Å². The largest absolute Gasteiger partial charge is 0.454 e. The van der Waals surface area contributed by atoms with Crippen LogP contribution in [0.1, 0.15) is 24.5 Å². The number of rotatable bonds is 3. The zero-order valence-corrected chi connectivity index (χ0v) is 8.74. The molecule has 0 aliphatic carbocycles. The fourth-order valence-corrected chi connectivity index (χ4v) is 1.70. The SMILES string of the molecule is CC(O)Cc1cc(C(F)F)cc2c1OCO2. The highest BCUT2D eigenvalue weighted by molar-refractivity contribution is 5.51. The van der Waals surface area contributed by atoms with E-state index in [4.69, 9.17) is 9.47 Å². The molecule has 0 bridgehead atoms. The first-order valence-corrected chi connectivity index (χ1v) is 4.96. The number of alkyl halides is 2. The first-order valence-electron chi connectivity index (χ1n) is 4.96. The topological polar surface area (TPSA) is 38.7 Å². The normalized spacial score (nSPS) is 15.6. The summed E-state index contributed by atoms with van der Waals surface area (Å²) in [5.74, 6) is 0.791. The number of benzene rings is 1. The van der Waals surface area contributed by atoms with Crippen LogP contribution in [-0.2, 0) is 6.42 Å². The number of ether oxygens (including phenoxy) is 2. The van der Waals surface area contributed by atoms with Gasteiger partial charge in [-0.3, -0.25) is 0 Å². The maximum absolute atomic E-state index is 12.6. The molecule has 5 heteroatoms. The minimum absolute atomic E-state index is 0.0365. The van der Waals surface area contributed by atoms with Crippen LogP contribution in [0.2, 0.25) is 0 Å². The molecule has 1 atom stereocenters. The third kappa shape index (κ3) is 2.09. The van der Waals surface area contributed by atoms with Crippen LogP contribution in [0, 0.1) is 0 Å². The molecule has 0 aromatic heterocycles. The van der Waals surface area contributed by atoms with Crippen LogP contribution in [0.15, 0.2) is 12.1 Å². The Morgan fingerprint density at radius 2 is 2.12 bits per heavy atom. The van der Waals surface area contributed by atoms with Crippen molar-refractivity contribution in [2.75, 3.05) is 6.79 Å². The Morgan fingerprint density at radius 1 is 1.38 bits per heavy atom. The van der Waals surface area contributed by atoms with Gasteiger partial charge in [0.15, 0.2) is 11.5 Å². The van der Waals surface area contributed by atoms with Gasteiger partial charge in [-0.15, -0.1) is 0 Å². The van der Waals surface area contributed by atoms with E-state index >= 15 is 0 Å². The molecule has 1 aliphatic rings. The smallest absolute Gasteiger partial charge is 0.263 e. The van der Waals surface area contributed by atoms with Gasteiger partial charge in [0.05, 0.1) is 6.10 Å². The molecule has 1 aromatic carbocycles. The van der Waals surface area contributed by atoms with Gasteiger partial charge in [-0.05, 0) is 19.1 Å². The minimum atomic E-state index is -2.55. The van der Waals surface area contributed by atoms with Crippen molar-refractivity contribution in [3.8, 4) is 11.5 Å². The zero-order chi connectivity index (χ0) is 11.7. The number of hydrogen-bond donors (Lipinski definition) is 1. The lowest BCUT2D eigenvalue weighted by Gasteiger charge is -2.10. The van der Waals surface area contributed by atoms with Crippen molar-refractivity contribution in [2.24, 2.45) is 0 Å². The highest BCUT2D eigenvalue weighted by atomic mass is 19.3. The molecule has 2 rings (SSSR count). The van der Waals surface area contributed by atoms with Crippen LogP contribution in [-0.4, -0.2) is 18.0 Å². The van der Waals surface area contributed by atoms with Crippen molar-refractivity contribution in [2.45, 2.75) is 25.9 Å². The van der Waals surface area contributed by atoms with Crippen LogP contribution >= 0.6 is 0 Å². The molecule has 0 amide bonds. The summed E-state index contributed by atoms with van der Waals surface area (Å²) in [6.45, 7) is 1.63. The summed E-state index contributed by atoms with van der Waals surface area (Å²) in [6, 6.07) is 2.63. The van der Waals surface area contributed by atoms with E-state index in [2.05, 4.69) is 0 Å². The molecule has 1 aromatic rings. The number of fused-ring (bicyclic) bond motifs is 1. The summed E-state index contributed by atoms with van der Waals surface area (Å²) in [4.78, 5) is 0. The van der Waals surface area contributed by atoms with E-state index in [1.54, 1.807) is 6.92 Å². The van der Waals surface area contributed by atoms with E-state index < -0.39 is 12.5 Å². The molecule has 0 spiro atoms. The summed E-state index contributed by atoms with van der Waals surface area (Å²) in [7, 11) is 0. The van der Waals surface area contributed by atoms with Gasteiger partial charge < -0.3 is 14.6 Å². The number of halogens is 2. The van der Waals surface area contributed by atoms with E-state index in [0.29, 0.717) is 17.1 Å². The maximum Gasteiger partial charge on any atom is 0.263 e. The van der Waals surface area contributed by atoms with Crippen LogP contribution in [0.25, 0.3) is 0 Å². The van der Waals surface area contributed by atoms with Crippen LogP contribution in [0.3, 0.4) is 0 Å². The van der Waals surface area contributed by atoms with Gasteiger partial charge in [0.1, 0.15) is 0 Å². The van der Waals surface area contributed by atoms with Gasteiger partial charge >= 0.3 is 0 Å². The predicted molar refractivity (Wildman–Crippen MR) is 52.9 cm³/mol. The van der Waals surface area contributed by atoms with Crippen molar-refractivity contribution in [3.63, 3.8) is 0 Å². The van der Waals surface area contributed by atoms with E-state index in [1.807, 2.05) is 0 Å². The standard InChI is InChI=1S/C11H12F2O3/c1-6(14)2-7-3-8(11(12)13)4-9-10(7)16-5-15-9/h3-4,6,11,14H,2,5H2,1H3. The first-order chi connectivity index (χ1) is 7.58. The summed E-state index contributed by atoms with van der Waals surface area (Å²) in [5, 5.41) is 9.28. The Hall–Kier alpha value is -1.36. The fourth-order valence-electron chi connectivity index (χ4n) is 1.70. The Labute approximate surface area is 91.6 Å². The second kappa shape index (κ2) is 4.25. The molecule has 88 valence electrons. The quantitative estimate of drug-likeness (QED) is 0.865. The first kappa shape index (κ1) is 11.1. The third-order valence-electron chi connectivity index (χ3n) is 2.34. The van der Waals surface area contributed by atoms with E-state index in [1.165, 1.54) is 12.1 Å². The van der Waals surface area contributed by atoms with Crippen molar-refractivity contribution < 1.29 is 23.4 Å². The summed E-state index contributed by atoms with van der Waals surface area (Å²) < 4.78 is 35.4. The van der Waals surface area contributed by atoms with Crippen LogP contribution < -0.4 is 9.47 Å². The monoisotopic (exact) mass is 230 g/mol. The van der Waals surface area contributed by atoms with Gasteiger partial charge in [-0.25, -0.2) is 8.78 Å². The average molecular weight is 230 g/mol. The lowest BCUT2D eigenvalue weighted by Crippen LogP contribution is -2.05. The highest BCUT2D eigenvalue weighted by Crippen LogP contribution is 2.39. The van der Waals surface area contributed by atoms with Gasteiger partial charge in [0.25, 0.3) is 6.43 Å². The number of aliphatic hydroxyl groups excluding tert-OH is 1. The Kier molecular flexibility index (Phi) is 2.96. The van der Waals surface area contributed by atoms with Gasteiger partial charge in [0, 0.05) is 17.5 Å². The highest BCUT2D eigenvalue weighted by Gasteiger charge is 2.22. The fraction of sp³-hybridized carbons (Fsp3) is 0.455. The number of aliphatic hydroxyl groups is 1. The van der Waals surface area contributed by atoms with Crippen molar-refractivity contribution in [1.29, 1.82) is 0 Å². The zero-order valence-electron chi connectivity index (χ0n) is 8.74. The maximum atomic E-state index is 12.6. The molecule has 16 heavy (non-hydrogen) atoms. The Morgan fingerprint density at radius 3 is 2.75 bits per heavy atom. The molecule has 1 aliphatic heterocycles. The van der Waals surface area contributed by atoms with Gasteiger partial charge in [-0.1, -0.05) is 0 Å². The van der Waals surface area contributed by atoms with Crippen molar-refractivity contribution in [3.05, 3.63) is 23.3 Å². The molecular weight excluding hydrogens is 218 g/mol. The molecule has 0 fully saturated rings. The summed E-state index contributed by atoms with van der Waals surface area (Å²) in [6.07, 6.45) is -2.89. The average Bonchev–Trinajstić information content (AvgIpc) is 2.64. The molecule has 1 N–H and O–H groups in total. The van der Waals surface area contributed by atoms with E-state index in [9.17, 15) is 13.9 Å². The molecule has 0 saturated heterocycles. The molecule has 1 heterocycles. The van der Waals surface area contributed by atoms with Crippen molar-refractivity contribution >= 4 is 0 Å². The second-order valence-electron chi connectivity index (χ2n) is 3.77. The molecule has 0 saturated carbocycles. The lowest BCUT2D eigenvalue weighted by atomic mass is 10.0. The Bertz CT molecular complexity index is 391. The minimum Gasteiger partial charge on any atom is -0.454 e. The molecule has 3 nitrogen and oxygen atoms in total. The van der Waals surface area contributed by atoms with Gasteiger partial charge in [0.2, 0.25) is 6.79 Å². The van der Waals surface area contributed by atoms with Crippen LogP contribution in [0.5, 0.6) is 11.5 Å². The summed E-state index contributed by atoms with van der Waals surface area (Å²) in [5.41, 5.74) is 0.445. The van der Waals surface area contributed by atoms with E-state index in [-0.39, 0.29) is 18.8 Å². The predicted octanol–water partition coefficient (Wildman–Crippen LogP) is 2.28. The summed E-state index contributed by atoms with van der Waals surface area (Å²) >= 11 is 0. The second-order valence-corrected chi connectivity index (χ2v) is 3.77. The third-order valence-corrected chi connectivity index (χ3v) is 2.34. The van der Waals surface area contributed by atoms with Crippen molar-refractivity contribution in [1.82, 2.24) is 0 Å². The van der Waals surface area contributed by atoms with Crippen LogP contribution in [0.4, 0.5) is 8.78 Å². The number of hydrogen-bond acceptors (Lipinski definition) is 3. The molecular formula is C11H12F2O3. The van der Waals surface area contributed by atoms with E-state index in [0.717, 1.165) is 0 Å².